The van der Waals surface area contributed by atoms with Gasteiger partial charge in [0.2, 0.25) is 0 Å². The first-order valence-corrected chi connectivity index (χ1v) is 7.59. The molecule has 0 amide bonds. The third-order valence-corrected chi connectivity index (χ3v) is 4.35. The summed E-state index contributed by atoms with van der Waals surface area (Å²) in [6.07, 6.45) is 3.31. The molecule has 4 nitrogen and oxygen atoms in total. The zero-order chi connectivity index (χ0) is 14.7. The van der Waals surface area contributed by atoms with Gasteiger partial charge < -0.3 is 9.46 Å². The van der Waals surface area contributed by atoms with Gasteiger partial charge in [0.1, 0.15) is 10.6 Å². The number of pyridine rings is 1. The van der Waals surface area contributed by atoms with Crippen molar-refractivity contribution in [3.05, 3.63) is 60.9 Å². The highest BCUT2D eigenvalue weighted by molar-refractivity contribution is 7.86. The maximum Gasteiger partial charge on any atom is 0.154 e. The van der Waals surface area contributed by atoms with E-state index >= 15 is 0 Å². The van der Waals surface area contributed by atoms with Crippen molar-refractivity contribution in [2.75, 3.05) is 11.8 Å². The zero-order valence-corrected chi connectivity index (χ0v) is 12.3. The molecule has 0 saturated heterocycles. The molecular weight excluding hydrogens is 284 g/mol. The van der Waals surface area contributed by atoms with Crippen LogP contribution in [0.15, 0.2) is 65.8 Å². The van der Waals surface area contributed by atoms with E-state index in [2.05, 4.69) is 9.71 Å². The number of methoxy groups -OCH3 is 1. The molecule has 3 aromatic rings. The monoisotopic (exact) mass is 298 g/mol. The van der Waals surface area contributed by atoms with Gasteiger partial charge in [-0.15, -0.1) is 0 Å². The molecule has 0 saturated carbocycles. The molecule has 0 aliphatic carbocycles. The molecule has 0 aliphatic rings. The summed E-state index contributed by atoms with van der Waals surface area (Å²) < 4.78 is 21.1. The summed E-state index contributed by atoms with van der Waals surface area (Å²) in [6, 6.07) is 15.2. The van der Waals surface area contributed by atoms with Gasteiger partial charge >= 0.3 is 0 Å². The number of rotatable bonds is 4. The summed E-state index contributed by atoms with van der Waals surface area (Å²) in [4.78, 5) is 4.59. The van der Waals surface area contributed by atoms with Crippen molar-refractivity contribution in [1.29, 1.82) is 0 Å². The van der Waals surface area contributed by atoms with Crippen LogP contribution in [0.3, 0.4) is 0 Å². The van der Waals surface area contributed by atoms with Crippen molar-refractivity contribution >= 4 is 27.4 Å². The number of ether oxygens (including phenoxy) is 1. The molecule has 0 unspecified atom stereocenters. The Kier molecular flexibility index (Phi) is 3.83. The van der Waals surface area contributed by atoms with E-state index in [-0.39, 0.29) is 0 Å². The van der Waals surface area contributed by atoms with E-state index in [4.69, 9.17) is 4.74 Å². The number of fused-ring (bicyclic) bond motifs is 1. The Morgan fingerprint density at radius 1 is 1.05 bits per heavy atom. The van der Waals surface area contributed by atoms with E-state index in [0.717, 1.165) is 16.5 Å². The van der Waals surface area contributed by atoms with Crippen LogP contribution in [0, 0.1) is 0 Å². The van der Waals surface area contributed by atoms with Crippen LogP contribution < -0.4 is 9.46 Å². The molecule has 0 fully saturated rings. The molecule has 21 heavy (non-hydrogen) atoms. The van der Waals surface area contributed by atoms with Crippen molar-refractivity contribution in [1.82, 2.24) is 4.98 Å². The summed E-state index contributed by atoms with van der Waals surface area (Å²) in [5, 5.41) is 1.94. The largest absolute Gasteiger partial charge is 0.495 e. The minimum absolute atomic E-state index is 0.605. The highest BCUT2D eigenvalue weighted by atomic mass is 32.2. The maximum atomic E-state index is 12.7. The van der Waals surface area contributed by atoms with Crippen molar-refractivity contribution < 1.29 is 8.95 Å². The third kappa shape index (κ3) is 2.73. The Morgan fingerprint density at radius 2 is 1.81 bits per heavy atom. The second kappa shape index (κ2) is 5.93. The summed E-state index contributed by atoms with van der Waals surface area (Å²) in [5.74, 6) is 0.605. The molecule has 3 rings (SSSR count). The number of anilines is 1. The fourth-order valence-electron chi connectivity index (χ4n) is 2.15. The van der Waals surface area contributed by atoms with Crippen LogP contribution in [-0.2, 0) is 11.0 Å². The van der Waals surface area contributed by atoms with E-state index < -0.39 is 11.0 Å². The number of hydrogen-bond donors (Lipinski definition) is 1. The quantitative estimate of drug-likeness (QED) is 0.803. The van der Waals surface area contributed by atoms with E-state index in [0.29, 0.717) is 10.6 Å². The van der Waals surface area contributed by atoms with E-state index in [1.807, 2.05) is 36.4 Å². The van der Waals surface area contributed by atoms with Crippen molar-refractivity contribution in [2.45, 2.75) is 4.90 Å². The lowest BCUT2D eigenvalue weighted by Crippen LogP contribution is -2.07. The van der Waals surface area contributed by atoms with E-state index in [1.54, 1.807) is 31.6 Å². The molecule has 0 bridgehead atoms. The van der Waals surface area contributed by atoms with Crippen molar-refractivity contribution in [3.8, 4) is 5.75 Å². The Bertz CT molecular complexity index is 791. The van der Waals surface area contributed by atoms with Crippen LogP contribution in [0.25, 0.3) is 10.8 Å². The Hall–Kier alpha value is -2.40. The molecule has 2 aromatic carbocycles. The Morgan fingerprint density at radius 3 is 2.57 bits per heavy atom. The molecule has 5 heteroatoms. The van der Waals surface area contributed by atoms with Gasteiger partial charge in [-0.2, -0.15) is 0 Å². The van der Waals surface area contributed by atoms with Gasteiger partial charge in [-0.1, -0.05) is 30.3 Å². The number of benzene rings is 2. The van der Waals surface area contributed by atoms with Gasteiger partial charge in [-0.3, -0.25) is 4.98 Å². The minimum Gasteiger partial charge on any atom is -0.495 e. The van der Waals surface area contributed by atoms with Crippen LogP contribution >= 0.6 is 0 Å². The summed E-state index contributed by atoms with van der Waals surface area (Å²) in [5.41, 5.74) is 0.748. The molecular formula is C16H14N2O2S. The number of hydrogen-bond acceptors (Lipinski definition) is 3. The van der Waals surface area contributed by atoms with E-state index in [9.17, 15) is 4.21 Å². The van der Waals surface area contributed by atoms with Crippen molar-refractivity contribution in [2.24, 2.45) is 0 Å². The molecule has 0 radical (unpaired) electrons. The average molecular weight is 298 g/mol. The number of aromatic nitrogens is 1. The highest BCUT2D eigenvalue weighted by Crippen LogP contribution is 2.31. The molecule has 0 spiro atoms. The van der Waals surface area contributed by atoms with E-state index in [1.165, 1.54) is 0 Å². The predicted molar refractivity (Wildman–Crippen MR) is 84.8 cm³/mol. The standard InChI is InChI=1S/C16H14N2O2S/c1-20-15-7-6-12-4-2-3-5-14(12)16(15)21(19)18-13-8-10-17-11-9-13/h2-11H,1H3,(H,17,18)/t21-/m1/s1. The molecule has 1 aromatic heterocycles. The normalized spacial score (nSPS) is 12.0. The predicted octanol–water partition coefficient (Wildman–Crippen LogP) is 3.38. The topological polar surface area (TPSA) is 51.2 Å². The second-order valence-corrected chi connectivity index (χ2v) is 5.57. The summed E-state index contributed by atoms with van der Waals surface area (Å²) in [7, 11) is 0.157. The van der Waals surface area contributed by atoms with Gasteiger partial charge in [0.25, 0.3) is 0 Å². The van der Waals surface area contributed by atoms with Crippen molar-refractivity contribution in [3.63, 3.8) is 0 Å². The van der Waals surface area contributed by atoms with Gasteiger partial charge in [-0.05, 0) is 23.6 Å². The van der Waals surface area contributed by atoms with Crippen LogP contribution in [0.4, 0.5) is 5.69 Å². The fraction of sp³-hybridized carbons (Fsp3) is 0.0625. The molecule has 1 heterocycles. The zero-order valence-electron chi connectivity index (χ0n) is 11.4. The Balaban J connectivity index is 2.07. The first-order chi connectivity index (χ1) is 10.3. The van der Waals surface area contributed by atoms with Crippen LogP contribution in [0.5, 0.6) is 5.75 Å². The van der Waals surface area contributed by atoms with Crippen LogP contribution in [0.1, 0.15) is 0 Å². The Labute approximate surface area is 125 Å². The first-order valence-electron chi connectivity index (χ1n) is 6.44. The summed E-state index contributed by atoms with van der Waals surface area (Å²) in [6.45, 7) is 0. The van der Waals surface area contributed by atoms with Crippen LogP contribution in [0.2, 0.25) is 0 Å². The lowest BCUT2D eigenvalue weighted by atomic mass is 10.1. The van der Waals surface area contributed by atoms with Crippen LogP contribution in [-0.4, -0.2) is 16.3 Å². The van der Waals surface area contributed by atoms with Gasteiger partial charge in [0.15, 0.2) is 11.0 Å². The SMILES string of the molecule is COc1ccc2ccccc2c1[S@@](=O)Nc1ccncc1. The second-order valence-electron chi connectivity index (χ2n) is 4.42. The maximum absolute atomic E-state index is 12.7. The molecule has 1 N–H and O–H groups in total. The molecule has 0 aliphatic heterocycles. The number of nitrogens with one attached hydrogen (secondary N) is 1. The highest BCUT2D eigenvalue weighted by Gasteiger charge is 2.15. The van der Waals surface area contributed by atoms with Gasteiger partial charge in [0.05, 0.1) is 7.11 Å². The fourth-order valence-corrected chi connectivity index (χ4v) is 3.32. The molecule has 1 atom stereocenters. The first kappa shape index (κ1) is 13.6. The lowest BCUT2D eigenvalue weighted by Gasteiger charge is -2.12. The summed E-state index contributed by atoms with van der Waals surface area (Å²) >= 11 is 0. The smallest absolute Gasteiger partial charge is 0.154 e. The lowest BCUT2D eigenvalue weighted by molar-refractivity contribution is 0.405. The van der Waals surface area contributed by atoms with Gasteiger partial charge in [-0.25, -0.2) is 4.21 Å². The molecule has 106 valence electrons. The third-order valence-electron chi connectivity index (χ3n) is 3.14. The average Bonchev–Trinajstić information content (AvgIpc) is 2.54. The number of nitrogens with zero attached hydrogens (tertiary/aromatic N) is 1. The van der Waals surface area contributed by atoms with Gasteiger partial charge in [0, 0.05) is 23.5 Å². The minimum atomic E-state index is -1.42.